The molecule has 7 heteroatoms. The average molecular weight is 394 g/mol. The first kappa shape index (κ1) is 19.6. The summed E-state index contributed by atoms with van der Waals surface area (Å²) in [5, 5.41) is 2.42. The third-order valence-electron chi connectivity index (χ3n) is 4.48. The first-order valence-electron chi connectivity index (χ1n) is 8.72. The number of benzene rings is 2. The number of nitrogens with one attached hydrogen (secondary N) is 1. The largest absolute Gasteiger partial charge is 0.416 e. The van der Waals surface area contributed by atoms with Crippen LogP contribution in [0.15, 0.2) is 48.5 Å². The first-order valence-corrected chi connectivity index (χ1v) is 9.77. The predicted molar refractivity (Wildman–Crippen MR) is 103 cm³/mol. The zero-order chi connectivity index (χ0) is 19.6. The van der Waals surface area contributed by atoms with E-state index in [1.807, 2.05) is 24.3 Å². The molecule has 0 aromatic heterocycles. The van der Waals surface area contributed by atoms with E-state index in [4.69, 9.17) is 0 Å². The van der Waals surface area contributed by atoms with Crippen molar-refractivity contribution in [3.8, 4) is 0 Å². The monoisotopic (exact) mass is 394 g/mol. The highest BCUT2D eigenvalue weighted by Gasteiger charge is 2.34. The van der Waals surface area contributed by atoms with E-state index in [2.05, 4.69) is 19.2 Å². The third kappa shape index (κ3) is 4.58. The van der Waals surface area contributed by atoms with Crippen molar-refractivity contribution in [3.63, 3.8) is 0 Å². The molecule has 0 aliphatic carbocycles. The van der Waals surface area contributed by atoms with Crippen molar-refractivity contribution in [3.05, 3.63) is 65.2 Å². The molecule has 1 aliphatic heterocycles. The number of amides is 2. The van der Waals surface area contributed by atoms with Crippen molar-refractivity contribution in [1.29, 1.82) is 0 Å². The number of halogens is 3. The molecule has 0 saturated carbocycles. The Labute approximate surface area is 160 Å². The Kier molecular flexibility index (Phi) is 5.69. The molecule has 1 N–H and O–H groups in total. The molecule has 1 fully saturated rings. The van der Waals surface area contributed by atoms with Crippen LogP contribution in [0.2, 0.25) is 0 Å². The minimum atomic E-state index is -4.40. The SMILES string of the molecule is CC(C)c1ccc(NC(=O)N2CCS[C@H]2c2cccc(C(F)(F)F)c2)cc1. The van der Waals surface area contributed by atoms with Crippen LogP contribution >= 0.6 is 11.8 Å². The number of thioether (sulfide) groups is 1. The lowest BCUT2D eigenvalue weighted by Crippen LogP contribution is -2.34. The van der Waals surface area contributed by atoms with Gasteiger partial charge in [-0.25, -0.2) is 4.79 Å². The minimum Gasteiger partial charge on any atom is -0.308 e. The smallest absolute Gasteiger partial charge is 0.308 e. The maximum Gasteiger partial charge on any atom is 0.416 e. The molecule has 0 spiro atoms. The molecule has 2 aromatic rings. The normalized spacial score (nSPS) is 17.4. The Morgan fingerprint density at radius 2 is 1.89 bits per heavy atom. The second-order valence-electron chi connectivity index (χ2n) is 6.75. The van der Waals surface area contributed by atoms with E-state index in [0.29, 0.717) is 29.5 Å². The lowest BCUT2D eigenvalue weighted by Gasteiger charge is -2.25. The van der Waals surface area contributed by atoms with Gasteiger partial charge < -0.3 is 10.2 Å². The van der Waals surface area contributed by atoms with Gasteiger partial charge in [0.2, 0.25) is 0 Å². The number of carbonyl (C=O) groups excluding carboxylic acids is 1. The summed E-state index contributed by atoms with van der Waals surface area (Å²) in [6, 6.07) is 12.5. The fraction of sp³-hybridized carbons (Fsp3) is 0.350. The summed E-state index contributed by atoms with van der Waals surface area (Å²) in [6.45, 7) is 4.67. The lowest BCUT2D eigenvalue weighted by molar-refractivity contribution is -0.137. The van der Waals surface area contributed by atoms with E-state index in [1.54, 1.807) is 11.0 Å². The summed E-state index contributed by atoms with van der Waals surface area (Å²) in [5.41, 5.74) is 1.63. The predicted octanol–water partition coefficient (Wildman–Crippen LogP) is 6.11. The van der Waals surface area contributed by atoms with Gasteiger partial charge in [0.05, 0.1) is 5.56 Å². The zero-order valence-corrected chi connectivity index (χ0v) is 15.9. The number of hydrogen-bond donors (Lipinski definition) is 1. The Bertz CT molecular complexity index is 806. The van der Waals surface area contributed by atoms with Gasteiger partial charge in [0.15, 0.2) is 0 Å². The molecule has 1 atom stereocenters. The summed E-state index contributed by atoms with van der Waals surface area (Å²) in [6.07, 6.45) is -4.40. The highest BCUT2D eigenvalue weighted by Crippen LogP contribution is 2.40. The maximum absolute atomic E-state index is 13.0. The highest BCUT2D eigenvalue weighted by atomic mass is 32.2. The molecule has 144 valence electrons. The van der Waals surface area contributed by atoms with Crippen LogP contribution in [0, 0.1) is 0 Å². The van der Waals surface area contributed by atoms with Crippen LogP contribution in [0.25, 0.3) is 0 Å². The van der Waals surface area contributed by atoms with Crippen LogP contribution in [-0.4, -0.2) is 23.2 Å². The average Bonchev–Trinajstić information content (AvgIpc) is 3.11. The molecule has 2 aromatic carbocycles. The number of urea groups is 1. The number of alkyl halides is 3. The van der Waals surface area contributed by atoms with Gasteiger partial charge in [-0.05, 0) is 41.3 Å². The van der Waals surface area contributed by atoms with Crippen molar-refractivity contribution in [2.75, 3.05) is 17.6 Å². The molecule has 2 amide bonds. The molecule has 0 unspecified atom stereocenters. The van der Waals surface area contributed by atoms with Gasteiger partial charge in [-0.3, -0.25) is 0 Å². The molecule has 0 bridgehead atoms. The molecule has 1 saturated heterocycles. The van der Waals surface area contributed by atoms with Gasteiger partial charge in [0.1, 0.15) is 5.37 Å². The van der Waals surface area contributed by atoms with Crippen LogP contribution in [0.4, 0.5) is 23.7 Å². The maximum atomic E-state index is 13.0. The van der Waals surface area contributed by atoms with Gasteiger partial charge in [0.25, 0.3) is 0 Å². The standard InChI is InChI=1S/C20H21F3N2OS/c1-13(2)14-6-8-17(9-7-14)24-19(26)25-10-11-27-18(25)15-4-3-5-16(12-15)20(21,22)23/h3-9,12-13,18H,10-11H2,1-2H3,(H,24,26)/t18-/m0/s1. The van der Waals surface area contributed by atoms with Gasteiger partial charge in [-0.2, -0.15) is 13.2 Å². The van der Waals surface area contributed by atoms with E-state index >= 15 is 0 Å². The molecule has 0 radical (unpaired) electrons. The van der Waals surface area contributed by atoms with E-state index in [1.165, 1.54) is 23.4 Å². The number of carbonyl (C=O) groups is 1. The zero-order valence-electron chi connectivity index (χ0n) is 15.1. The second kappa shape index (κ2) is 7.84. The van der Waals surface area contributed by atoms with Crippen molar-refractivity contribution < 1.29 is 18.0 Å². The van der Waals surface area contributed by atoms with Crippen LogP contribution in [0.3, 0.4) is 0 Å². The summed E-state index contributed by atoms with van der Waals surface area (Å²) in [4.78, 5) is 14.3. The quantitative estimate of drug-likeness (QED) is 0.681. The number of anilines is 1. The molecule has 1 heterocycles. The van der Waals surface area contributed by atoms with Gasteiger partial charge in [-0.1, -0.05) is 38.1 Å². The van der Waals surface area contributed by atoms with E-state index in [9.17, 15) is 18.0 Å². The second-order valence-corrected chi connectivity index (χ2v) is 7.93. The fourth-order valence-electron chi connectivity index (χ4n) is 2.97. The van der Waals surface area contributed by atoms with Crippen LogP contribution < -0.4 is 5.32 Å². The molecule has 3 rings (SSSR count). The molecule has 3 nitrogen and oxygen atoms in total. The van der Waals surface area contributed by atoms with Crippen LogP contribution in [0.1, 0.15) is 41.8 Å². The lowest BCUT2D eigenvalue weighted by atomic mass is 10.0. The first-order chi connectivity index (χ1) is 12.8. The Balaban J connectivity index is 1.75. The summed E-state index contributed by atoms with van der Waals surface area (Å²) >= 11 is 1.47. The highest BCUT2D eigenvalue weighted by molar-refractivity contribution is 7.99. The van der Waals surface area contributed by atoms with Crippen molar-refractivity contribution >= 4 is 23.5 Å². The molecule has 27 heavy (non-hydrogen) atoms. The molecular formula is C20H21F3N2OS. The minimum absolute atomic E-state index is 0.306. The van der Waals surface area contributed by atoms with Crippen molar-refractivity contribution in [2.45, 2.75) is 31.3 Å². The van der Waals surface area contributed by atoms with Gasteiger partial charge in [-0.15, -0.1) is 11.8 Å². The Morgan fingerprint density at radius 3 is 2.52 bits per heavy atom. The van der Waals surface area contributed by atoms with Crippen molar-refractivity contribution in [1.82, 2.24) is 4.90 Å². The third-order valence-corrected chi connectivity index (χ3v) is 5.74. The number of nitrogens with zero attached hydrogens (tertiary/aromatic N) is 1. The van der Waals surface area contributed by atoms with E-state index in [0.717, 1.165) is 12.1 Å². The Morgan fingerprint density at radius 1 is 1.19 bits per heavy atom. The van der Waals surface area contributed by atoms with Crippen LogP contribution in [0.5, 0.6) is 0 Å². The number of hydrogen-bond acceptors (Lipinski definition) is 2. The van der Waals surface area contributed by atoms with Gasteiger partial charge in [0, 0.05) is 18.0 Å². The molecular weight excluding hydrogens is 373 g/mol. The summed E-state index contributed by atoms with van der Waals surface area (Å²) in [7, 11) is 0. The van der Waals surface area contributed by atoms with E-state index in [-0.39, 0.29) is 6.03 Å². The molecule has 1 aliphatic rings. The topological polar surface area (TPSA) is 32.3 Å². The van der Waals surface area contributed by atoms with Gasteiger partial charge >= 0.3 is 12.2 Å². The van der Waals surface area contributed by atoms with E-state index < -0.39 is 17.1 Å². The number of rotatable bonds is 3. The van der Waals surface area contributed by atoms with Crippen molar-refractivity contribution in [2.24, 2.45) is 0 Å². The Hall–Kier alpha value is -2.15. The van der Waals surface area contributed by atoms with Crippen LogP contribution in [-0.2, 0) is 6.18 Å². The fourth-order valence-corrected chi connectivity index (χ4v) is 4.21. The summed E-state index contributed by atoms with van der Waals surface area (Å²) < 4.78 is 39.0. The summed E-state index contributed by atoms with van der Waals surface area (Å²) in [5.74, 6) is 1.08.